The maximum atomic E-state index is 12.7. The number of carbonyl (C=O) groups excluding carboxylic acids is 2. The number of nitrogens with one attached hydrogen (secondary N) is 2. The van der Waals surface area contributed by atoms with E-state index in [1.807, 2.05) is 32.0 Å². The number of aromatic nitrogens is 1. The Hall–Kier alpha value is -3.67. The van der Waals surface area contributed by atoms with Crippen molar-refractivity contribution in [2.45, 2.75) is 13.8 Å². The van der Waals surface area contributed by atoms with E-state index in [1.165, 1.54) is 6.20 Å². The van der Waals surface area contributed by atoms with Gasteiger partial charge in [-0.2, -0.15) is 0 Å². The van der Waals surface area contributed by atoms with E-state index in [4.69, 9.17) is 4.74 Å². The minimum atomic E-state index is -0.290. The molecular weight excluding hydrogens is 354 g/mol. The molecule has 2 amide bonds. The van der Waals surface area contributed by atoms with Crippen molar-refractivity contribution in [3.05, 3.63) is 83.7 Å². The summed E-state index contributed by atoms with van der Waals surface area (Å²) in [5, 5.41) is 5.64. The zero-order chi connectivity index (χ0) is 19.9. The van der Waals surface area contributed by atoms with Gasteiger partial charge in [-0.05, 0) is 61.9 Å². The number of rotatable bonds is 6. The number of pyridine rings is 1. The van der Waals surface area contributed by atoms with Crippen molar-refractivity contribution < 1.29 is 14.3 Å². The monoisotopic (exact) mass is 375 g/mol. The van der Waals surface area contributed by atoms with E-state index in [-0.39, 0.29) is 11.8 Å². The van der Waals surface area contributed by atoms with Gasteiger partial charge in [-0.1, -0.05) is 12.1 Å². The molecule has 0 unspecified atom stereocenters. The van der Waals surface area contributed by atoms with Crippen LogP contribution in [0.4, 0.5) is 11.4 Å². The van der Waals surface area contributed by atoms with Gasteiger partial charge in [0, 0.05) is 23.6 Å². The standard InChI is InChI=1S/C22H21N3O3/c1-3-28-20-12-15(2)9-10-19(20)25-21(26)16-6-4-8-18(13-16)24-22(27)17-7-5-11-23-14-17/h4-14H,3H2,1-2H3,(H,24,27)(H,25,26). The molecule has 0 fully saturated rings. The van der Waals surface area contributed by atoms with Crippen LogP contribution in [0.1, 0.15) is 33.2 Å². The molecule has 0 saturated carbocycles. The number of amides is 2. The number of hydrogen-bond donors (Lipinski definition) is 2. The molecule has 0 radical (unpaired) electrons. The highest BCUT2D eigenvalue weighted by Crippen LogP contribution is 2.26. The van der Waals surface area contributed by atoms with Gasteiger partial charge in [0.15, 0.2) is 0 Å². The maximum absolute atomic E-state index is 12.7. The summed E-state index contributed by atoms with van der Waals surface area (Å²) in [6, 6.07) is 15.7. The Morgan fingerprint density at radius 3 is 2.50 bits per heavy atom. The average Bonchev–Trinajstić information content (AvgIpc) is 2.71. The predicted molar refractivity (Wildman–Crippen MR) is 109 cm³/mol. The number of hydrogen-bond acceptors (Lipinski definition) is 4. The third kappa shape index (κ3) is 4.73. The first-order valence-electron chi connectivity index (χ1n) is 8.93. The Kier molecular flexibility index (Phi) is 6.01. The third-order valence-corrected chi connectivity index (χ3v) is 3.99. The van der Waals surface area contributed by atoms with Crippen LogP contribution in [0, 0.1) is 6.92 Å². The van der Waals surface area contributed by atoms with Crippen LogP contribution < -0.4 is 15.4 Å². The lowest BCUT2D eigenvalue weighted by Gasteiger charge is -2.13. The summed E-state index contributed by atoms with van der Waals surface area (Å²) in [5.74, 6) is 0.0435. The van der Waals surface area contributed by atoms with Gasteiger partial charge in [0.2, 0.25) is 0 Å². The third-order valence-electron chi connectivity index (χ3n) is 3.99. The molecule has 3 aromatic rings. The highest BCUT2D eigenvalue weighted by Gasteiger charge is 2.12. The van der Waals surface area contributed by atoms with Gasteiger partial charge in [0.1, 0.15) is 5.75 Å². The summed E-state index contributed by atoms with van der Waals surface area (Å²) < 4.78 is 5.60. The number of anilines is 2. The molecule has 28 heavy (non-hydrogen) atoms. The van der Waals surface area contributed by atoms with Crippen LogP contribution in [0.5, 0.6) is 5.75 Å². The van der Waals surface area contributed by atoms with Crippen LogP contribution in [0.3, 0.4) is 0 Å². The summed E-state index contributed by atoms with van der Waals surface area (Å²) in [6.07, 6.45) is 3.09. The van der Waals surface area contributed by atoms with Crippen molar-refractivity contribution >= 4 is 23.2 Å². The normalized spacial score (nSPS) is 10.2. The van der Waals surface area contributed by atoms with Gasteiger partial charge in [-0.15, -0.1) is 0 Å². The lowest BCUT2D eigenvalue weighted by molar-refractivity contribution is 0.101. The predicted octanol–water partition coefficient (Wildman–Crippen LogP) is 4.29. The Labute approximate surface area is 163 Å². The van der Waals surface area contributed by atoms with Crippen molar-refractivity contribution in [3.8, 4) is 5.75 Å². The highest BCUT2D eigenvalue weighted by atomic mass is 16.5. The van der Waals surface area contributed by atoms with E-state index in [0.717, 1.165) is 5.56 Å². The molecule has 0 bridgehead atoms. The van der Waals surface area contributed by atoms with E-state index in [2.05, 4.69) is 15.6 Å². The van der Waals surface area contributed by atoms with Crippen molar-refractivity contribution in [2.75, 3.05) is 17.2 Å². The average molecular weight is 375 g/mol. The fraction of sp³-hybridized carbons (Fsp3) is 0.136. The second kappa shape index (κ2) is 8.81. The van der Waals surface area contributed by atoms with E-state index in [1.54, 1.807) is 42.6 Å². The van der Waals surface area contributed by atoms with E-state index >= 15 is 0 Å². The zero-order valence-electron chi connectivity index (χ0n) is 15.7. The van der Waals surface area contributed by atoms with Gasteiger partial charge in [-0.25, -0.2) is 0 Å². The second-order valence-electron chi connectivity index (χ2n) is 6.16. The molecule has 0 aliphatic heterocycles. The number of ether oxygens (including phenoxy) is 1. The number of aryl methyl sites for hydroxylation is 1. The minimum absolute atomic E-state index is 0.289. The quantitative estimate of drug-likeness (QED) is 0.673. The summed E-state index contributed by atoms with van der Waals surface area (Å²) in [7, 11) is 0. The summed E-state index contributed by atoms with van der Waals surface area (Å²) in [4.78, 5) is 28.9. The van der Waals surface area contributed by atoms with Crippen LogP contribution in [0.2, 0.25) is 0 Å². The first kappa shape index (κ1) is 19.1. The fourth-order valence-electron chi connectivity index (χ4n) is 2.64. The number of benzene rings is 2. The second-order valence-corrected chi connectivity index (χ2v) is 6.16. The molecule has 6 heteroatoms. The molecule has 1 heterocycles. The lowest BCUT2D eigenvalue weighted by Crippen LogP contribution is -2.15. The van der Waals surface area contributed by atoms with Crippen LogP contribution in [0.15, 0.2) is 67.0 Å². The summed E-state index contributed by atoms with van der Waals surface area (Å²) >= 11 is 0. The minimum Gasteiger partial charge on any atom is -0.492 e. The lowest BCUT2D eigenvalue weighted by atomic mass is 10.1. The van der Waals surface area contributed by atoms with Crippen molar-refractivity contribution in [3.63, 3.8) is 0 Å². The summed E-state index contributed by atoms with van der Waals surface area (Å²) in [5.41, 5.74) is 3.03. The summed E-state index contributed by atoms with van der Waals surface area (Å²) in [6.45, 7) is 4.35. The van der Waals surface area contributed by atoms with Crippen molar-refractivity contribution in [1.82, 2.24) is 4.98 Å². The molecule has 2 aromatic carbocycles. The molecule has 1 aromatic heterocycles. The largest absolute Gasteiger partial charge is 0.492 e. The topological polar surface area (TPSA) is 80.3 Å². The van der Waals surface area contributed by atoms with E-state index < -0.39 is 0 Å². The van der Waals surface area contributed by atoms with E-state index in [9.17, 15) is 9.59 Å². The molecule has 0 atom stereocenters. The van der Waals surface area contributed by atoms with Crippen LogP contribution in [0.25, 0.3) is 0 Å². The Morgan fingerprint density at radius 1 is 0.964 bits per heavy atom. The van der Waals surface area contributed by atoms with Crippen LogP contribution >= 0.6 is 0 Å². The van der Waals surface area contributed by atoms with Crippen LogP contribution in [-0.4, -0.2) is 23.4 Å². The zero-order valence-corrected chi connectivity index (χ0v) is 15.7. The van der Waals surface area contributed by atoms with Gasteiger partial charge in [0.25, 0.3) is 11.8 Å². The molecule has 6 nitrogen and oxygen atoms in total. The van der Waals surface area contributed by atoms with Gasteiger partial charge in [-0.3, -0.25) is 14.6 Å². The molecule has 0 aliphatic rings. The Balaban J connectivity index is 1.75. The van der Waals surface area contributed by atoms with Crippen LogP contribution in [-0.2, 0) is 0 Å². The van der Waals surface area contributed by atoms with Crippen molar-refractivity contribution in [2.24, 2.45) is 0 Å². The molecule has 0 saturated heterocycles. The molecular formula is C22H21N3O3. The first-order chi connectivity index (χ1) is 13.6. The molecule has 2 N–H and O–H groups in total. The fourth-order valence-corrected chi connectivity index (χ4v) is 2.64. The van der Waals surface area contributed by atoms with Gasteiger partial charge in [0.05, 0.1) is 17.9 Å². The van der Waals surface area contributed by atoms with Gasteiger partial charge < -0.3 is 15.4 Å². The number of carbonyl (C=O) groups is 2. The SMILES string of the molecule is CCOc1cc(C)ccc1NC(=O)c1cccc(NC(=O)c2cccnc2)c1. The first-order valence-corrected chi connectivity index (χ1v) is 8.93. The molecule has 0 aliphatic carbocycles. The Morgan fingerprint density at radius 2 is 1.75 bits per heavy atom. The number of nitrogens with zero attached hydrogens (tertiary/aromatic N) is 1. The molecule has 3 rings (SSSR count). The van der Waals surface area contributed by atoms with Crippen molar-refractivity contribution in [1.29, 1.82) is 0 Å². The smallest absolute Gasteiger partial charge is 0.257 e. The maximum Gasteiger partial charge on any atom is 0.257 e. The Bertz CT molecular complexity index is 987. The van der Waals surface area contributed by atoms with Gasteiger partial charge >= 0.3 is 0 Å². The van der Waals surface area contributed by atoms with E-state index in [0.29, 0.717) is 34.9 Å². The molecule has 0 spiro atoms. The highest BCUT2D eigenvalue weighted by molar-refractivity contribution is 6.07. The molecule has 142 valence electrons.